The van der Waals surface area contributed by atoms with Gasteiger partial charge >= 0.3 is 0 Å². The van der Waals surface area contributed by atoms with Gasteiger partial charge in [-0.1, -0.05) is 36.4 Å². The standard InChI is InChI=1S/C19H16N2O2/c22-19(11-9-15-5-2-1-3-6-15)21-14-16-8-10-17(20-13-16)18-7-4-12-23-18/h1-13H,14H2,(H,21,22). The van der Waals surface area contributed by atoms with E-state index in [0.717, 1.165) is 22.6 Å². The predicted octanol–water partition coefficient (Wildman–Crippen LogP) is 3.67. The predicted molar refractivity (Wildman–Crippen MR) is 89.3 cm³/mol. The van der Waals surface area contributed by atoms with Crippen LogP contribution in [0.5, 0.6) is 0 Å². The maximum atomic E-state index is 11.8. The molecule has 4 heteroatoms. The molecule has 0 bridgehead atoms. The van der Waals surface area contributed by atoms with Crippen LogP contribution in [-0.2, 0) is 11.3 Å². The van der Waals surface area contributed by atoms with Crippen LogP contribution in [0.15, 0.2) is 77.6 Å². The summed E-state index contributed by atoms with van der Waals surface area (Å²) in [4.78, 5) is 16.1. The van der Waals surface area contributed by atoms with E-state index >= 15 is 0 Å². The molecule has 0 saturated heterocycles. The largest absolute Gasteiger partial charge is 0.463 e. The highest BCUT2D eigenvalue weighted by Gasteiger charge is 2.02. The molecule has 3 rings (SSSR count). The number of nitrogens with zero attached hydrogens (tertiary/aromatic N) is 1. The summed E-state index contributed by atoms with van der Waals surface area (Å²) in [5, 5.41) is 2.83. The molecule has 23 heavy (non-hydrogen) atoms. The molecule has 0 fully saturated rings. The molecule has 4 nitrogen and oxygen atoms in total. The number of nitrogens with one attached hydrogen (secondary N) is 1. The fourth-order valence-corrected chi connectivity index (χ4v) is 2.08. The Morgan fingerprint density at radius 1 is 1.09 bits per heavy atom. The number of hydrogen-bond acceptors (Lipinski definition) is 3. The molecule has 114 valence electrons. The zero-order chi connectivity index (χ0) is 15.9. The number of carbonyl (C=O) groups excluding carboxylic acids is 1. The fourth-order valence-electron chi connectivity index (χ4n) is 2.08. The fraction of sp³-hybridized carbons (Fsp3) is 0.0526. The van der Waals surface area contributed by atoms with Crippen molar-refractivity contribution >= 4 is 12.0 Å². The van der Waals surface area contributed by atoms with Gasteiger partial charge in [-0.25, -0.2) is 0 Å². The van der Waals surface area contributed by atoms with Gasteiger partial charge in [-0.05, 0) is 35.4 Å². The summed E-state index contributed by atoms with van der Waals surface area (Å²) >= 11 is 0. The van der Waals surface area contributed by atoms with Crippen LogP contribution in [-0.4, -0.2) is 10.9 Å². The Labute approximate surface area is 134 Å². The maximum absolute atomic E-state index is 11.8. The van der Waals surface area contributed by atoms with Crippen LogP contribution in [0, 0.1) is 0 Å². The van der Waals surface area contributed by atoms with Crippen LogP contribution < -0.4 is 5.32 Å². The van der Waals surface area contributed by atoms with E-state index in [0.29, 0.717) is 6.54 Å². The topological polar surface area (TPSA) is 55.1 Å². The number of benzene rings is 1. The van der Waals surface area contributed by atoms with Crippen LogP contribution in [0.3, 0.4) is 0 Å². The van der Waals surface area contributed by atoms with Gasteiger partial charge in [-0.15, -0.1) is 0 Å². The summed E-state index contributed by atoms with van der Waals surface area (Å²) in [5.41, 5.74) is 2.70. The SMILES string of the molecule is O=C(C=Cc1ccccc1)NCc1ccc(-c2ccco2)nc1. The lowest BCUT2D eigenvalue weighted by atomic mass is 10.2. The second kappa shape index (κ2) is 7.22. The second-order valence-electron chi connectivity index (χ2n) is 4.99. The summed E-state index contributed by atoms with van der Waals surface area (Å²) in [6.07, 6.45) is 6.66. The lowest BCUT2D eigenvalue weighted by Crippen LogP contribution is -2.20. The Kier molecular flexibility index (Phi) is 4.64. The van der Waals surface area contributed by atoms with Crippen molar-refractivity contribution in [1.29, 1.82) is 0 Å². The average Bonchev–Trinajstić information content (AvgIpc) is 3.14. The quantitative estimate of drug-likeness (QED) is 0.732. The molecule has 0 aliphatic carbocycles. The van der Waals surface area contributed by atoms with E-state index in [1.165, 1.54) is 6.08 Å². The first kappa shape index (κ1) is 14.8. The Morgan fingerprint density at radius 3 is 2.65 bits per heavy atom. The van der Waals surface area contributed by atoms with Crippen LogP contribution in [0.4, 0.5) is 0 Å². The highest BCUT2D eigenvalue weighted by molar-refractivity contribution is 5.91. The van der Waals surface area contributed by atoms with E-state index in [4.69, 9.17) is 4.42 Å². The minimum Gasteiger partial charge on any atom is -0.463 e. The Morgan fingerprint density at radius 2 is 1.96 bits per heavy atom. The van der Waals surface area contributed by atoms with Gasteiger partial charge in [0, 0.05) is 18.8 Å². The molecule has 0 aliphatic heterocycles. The van der Waals surface area contributed by atoms with Gasteiger partial charge in [0.1, 0.15) is 5.69 Å². The van der Waals surface area contributed by atoms with Gasteiger partial charge < -0.3 is 9.73 Å². The summed E-state index contributed by atoms with van der Waals surface area (Å²) in [5.74, 6) is 0.593. The normalized spacial score (nSPS) is 10.8. The van der Waals surface area contributed by atoms with E-state index in [-0.39, 0.29) is 5.91 Å². The van der Waals surface area contributed by atoms with E-state index in [9.17, 15) is 4.79 Å². The number of furan rings is 1. The van der Waals surface area contributed by atoms with Crippen molar-refractivity contribution < 1.29 is 9.21 Å². The zero-order valence-corrected chi connectivity index (χ0v) is 12.5. The molecule has 0 saturated carbocycles. The van der Waals surface area contributed by atoms with Crippen LogP contribution in [0.2, 0.25) is 0 Å². The molecule has 2 aromatic heterocycles. The number of hydrogen-bond donors (Lipinski definition) is 1. The minimum absolute atomic E-state index is 0.135. The van der Waals surface area contributed by atoms with E-state index in [2.05, 4.69) is 10.3 Å². The van der Waals surface area contributed by atoms with E-state index in [1.807, 2.05) is 54.6 Å². The smallest absolute Gasteiger partial charge is 0.244 e. The Hall–Kier alpha value is -3.14. The number of amides is 1. The minimum atomic E-state index is -0.135. The molecule has 2 heterocycles. The van der Waals surface area contributed by atoms with Gasteiger partial charge in [0.15, 0.2) is 5.76 Å². The highest BCUT2D eigenvalue weighted by Crippen LogP contribution is 2.16. The van der Waals surface area contributed by atoms with Crippen LogP contribution in [0.25, 0.3) is 17.5 Å². The molecule has 1 amide bonds. The number of rotatable bonds is 5. The molecular weight excluding hydrogens is 288 g/mol. The third-order valence-electron chi connectivity index (χ3n) is 3.29. The summed E-state index contributed by atoms with van der Waals surface area (Å²) in [7, 11) is 0. The third-order valence-corrected chi connectivity index (χ3v) is 3.29. The molecule has 0 aliphatic rings. The van der Waals surface area contributed by atoms with Gasteiger partial charge in [0.2, 0.25) is 5.91 Å². The van der Waals surface area contributed by atoms with Crippen molar-refractivity contribution in [2.45, 2.75) is 6.54 Å². The highest BCUT2D eigenvalue weighted by atomic mass is 16.3. The molecule has 3 aromatic rings. The van der Waals surface area contributed by atoms with Crippen molar-refractivity contribution in [3.8, 4) is 11.5 Å². The molecule has 0 atom stereocenters. The molecule has 0 spiro atoms. The van der Waals surface area contributed by atoms with Gasteiger partial charge in [-0.3, -0.25) is 9.78 Å². The number of carbonyl (C=O) groups is 1. The second-order valence-corrected chi connectivity index (χ2v) is 4.99. The Balaban J connectivity index is 1.54. The van der Waals surface area contributed by atoms with Gasteiger partial charge in [0.25, 0.3) is 0 Å². The molecule has 1 N–H and O–H groups in total. The van der Waals surface area contributed by atoms with Crippen molar-refractivity contribution in [3.63, 3.8) is 0 Å². The summed E-state index contributed by atoms with van der Waals surface area (Å²) in [6.45, 7) is 0.434. The number of pyridine rings is 1. The summed E-state index contributed by atoms with van der Waals surface area (Å²) in [6, 6.07) is 17.2. The summed E-state index contributed by atoms with van der Waals surface area (Å²) < 4.78 is 5.29. The lowest BCUT2D eigenvalue weighted by molar-refractivity contribution is -0.116. The van der Waals surface area contributed by atoms with Crippen LogP contribution in [0.1, 0.15) is 11.1 Å². The monoisotopic (exact) mass is 304 g/mol. The van der Waals surface area contributed by atoms with Gasteiger partial charge in [-0.2, -0.15) is 0 Å². The number of aromatic nitrogens is 1. The van der Waals surface area contributed by atoms with E-state index in [1.54, 1.807) is 18.5 Å². The van der Waals surface area contributed by atoms with E-state index < -0.39 is 0 Å². The van der Waals surface area contributed by atoms with Crippen molar-refractivity contribution in [1.82, 2.24) is 10.3 Å². The molecule has 1 aromatic carbocycles. The van der Waals surface area contributed by atoms with Crippen molar-refractivity contribution in [2.24, 2.45) is 0 Å². The molecule has 0 unspecified atom stereocenters. The average molecular weight is 304 g/mol. The van der Waals surface area contributed by atoms with Gasteiger partial charge in [0.05, 0.1) is 6.26 Å². The third kappa shape index (κ3) is 4.17. The lowest BCUT2D eigenvalue weighted by Gasteiger charge is -2.03. The van der Waals surface area contributed by atoms with Crippen LogP contribution >= 0.6 is 0 Å². The van der Waals surface area contributed by atoms with Crippen molar-refractivity contribution in [3.05, 3.63) is 84.3 Å². The van der Waals surface area contributed by atoms with Crippen molar-refractivity contribution in [2.75, 3.05) is 0 Å². The zero-order valence-electron chi connectivity index (χ0n) is 12.5. The molecule has 0 radical (unpaired) electrons. The first-order chi connectivity index (χ1) is 11.3. The first-order valence-corrected chi connectivity index (χ1v) is 7.31. The maximum Gasteiger partial charge on any atom is 0.244 e. The molecular formula is C19H16N2O2. The Bertz CT molecular complexity index is 776. The first-order valence-electron chi connectivity index (χ1n) is 7.31.